The smallest absolute Gasteiger partial charge is 0.324 e. The maximum atomic E-state index is 12.9. The Bertz CT molecular complexity index is 1020. The van der Waals surface area contributed by atoms with Crippen molar-refractivity contribution in [3.63, 3.8) is 0 Å². The van der Waals surface area contributed by atoms with Crippen molar-refractivity contribution in [2.45, 2.75) is 13.3 Å². The summed E-state index contributed by atoms with van der Waals surface area (Å²) in [6.45, 7) is 2.60. The summed E-state index contributed by atoms with van der Waals surface area (Å²) in [4.78, 5) is 39.2. The molecule has 162 valence electrons. The van der Waals surface area contributed by atoms with E-state index < -0.39 is 0 Å². The number of esters is 1. The fraction of sp³-hybridized carbons (Fsp3) is 0.273. The highest BCUT2D eigenvalue weighted by Crippen LogP contribution is 2.33. The second kappa shape index (κ2) is 9.29. The number of hydrogen-bond donors (Lipinski definition) is 3. The molecule has 0 aromatic heterocycles. The van der Waals surface area contributed by atoms with E-state index in [9.17, 15) is 14.4 Å². The lowest BCUT2D eigenvalue weighted by molar-refractivity contribution is -0.140. The summed E-state index contributed by atoms with van der Waals surface area (Å²) < 4.78 is 4.64. The standard InChI is InChI=1S/C22H25N5O4/c1-14(28)25-18-13-17(15-3-5-16(6-4-15)21(23)24)7-8-19(18)27-12-11-26(22(27)30)10-9-20(29)31-2/h3-8,13H,9-12H2,1-2H3,(H3,23,24)(H,25,28). The molecule has 0 unspecified atom stereocenters. The molecule has 2 aromatic rings. The predicted molar refractivity (Wildman–Crippen MR) is 118 cm³/mol. The minimum Gasteiger partial charge on any atom is -0.469 e. The van der Waals surface area contributed by atoms with E-state index in [1.54, 1.807) is 28.0 Å². The highest BCUT2D eigenvalue weighted by molar-refractivity contribution is 6.02. The number of rotatable bonds is 7. The van der Waals surface area contributed by atoms with Crippen molar-refractivity contribution in [1.29, 1.82) is 5.41 Å². The van der Waals surface area contributed by atoms with Gasteiger partial charge >= 0.3 is 12.0 Å². The van der Waals surface area contributed by atoms with Gasteiger partial charge in [0.2, 0.25) is 5.91 Å². The minimum atomic E-state index is -0.370. The van der Waals surface area contributed by atoms with Crippen LogP contribution in [0.15, 0.2) is 42.5 Å². The molecule has 9 nitrogen and oxygen atoms in total. The average molecular weight is 423 g/mol. The molecule has 9 heteroatoms. The number of benzene rings is 2. The Labute approximate surface area is 180 Å². The highest BCUT2D eigenvalue weighted by atomic mass is 16.5. The number of carbonyl (C=O) groups is 3. The van der Waals surface area contributed by atoms with E-state index in [0.717, 1.165) is 11.1 Å². The molecule has 0 atom stereocenters. The van der Waals surface area contributed by atoms with Crippen molar-refractivity contribution in [2.75, 3.05) is 37.0 Å². The first-order chi connectivity index (χ1) is 14.8. The summed E-state index contributed by atoms with van der Waals surface area (Å²) in [5, 5.41) is 10.3. The van der Waals surface area contributed by atoms with E-state index in [1.807, 2.05) is 24.3 Å². The summed E-state index contributed by atoms with van der Waals surface area (Å²) in [6.07, 6.45) is 0.129. The lowest BCUT2D eigenvalue weighted by atomic mass is 10.0. The van der Waals surface area contributed by atoms with Gasteiger partial charge in [-0.15, -0.1) is 0 Å². The molecular formula is C22H25N5O4. The van der Waals surface area contributed by atoms with Crippen LogP contribution in [0.1, 0.15) is 18.9 Å². The van der Waals surface area contributed by atoms with Crippen molar-refractivity contribution in [3.05, 3.63) is 48.0 Å². The molecule has 1 saturated heterocycles. The van der Waals surface area contributed by atoms with Crippen LogP contribution in [-0.2, 0) is 14.3 Å². The summed E-state index contributed by atoms with van der Waals surface area (Å²) >= 11 is 0. The van der Waals surface area contributed by atoms with Crippen LogP contribution in [-0.4, -0.2) is 55.4 Å². The SMILES string of the molecule is COC(=O)CCN1CCN(c2ccc(-c3ccc(C(=N)N)cc3)cc2NC(C)=O)C1=O. The van der Waals surface area contributed by atoms with Crippen molar-refractivity contribution in [1.82, 2.24) is 4.90 Å². The third-order valence-corrected chi connectivity index (χ3v) is 5.04. The molecule has 0 aliphatic carbocycles. The Morgan fingerprint density at radius 2 is 1.81 bits per heavy atom. The summed E-state index contributed by atoms with van der Waals surface area (Å²) in [6, 6.07) is 12.4. The predicted octanol–water partition coefficient (Wildman–Crippen LogP) is 2.40. The second-order valence-corrected chi connectivity index (χ2v) is 7.15. The fourth-order valence-electron chi connectivity index (χ4n) is 3.42. The van der Waals surface area contributed by atoms with Crippen LogP contribution in [0.3, 0.4) is 0 Å². The molecule has 3 amide bonds. The normalized spacial score (nSPS) is 13.3. The number of nitrogens with zero attached hydrogens (tertiary/aromatic N) is 2. The number of hydrogen-bond acceptors (Lipinski definition) is 5. The fourth-order valence-corrected chi connectivity index (χ4v) is 3.42. The molecule has 4 N–H and O–H groups in total. The van der Waals surface area contributed by atoms with Gasteiger partial charge in [0, 0.05) is 32.1 Å². The number of nitrogens with two attached hydrogens (primary N) is 1. The molecule has 0 saturated carbocycles. The molecule has 1 aliphatic heterocycles. The average Bonchev–Trinajstić information content (AvgIpc) is 3.11. The maximum absolute atomic E-state index is 12.9. The van der Waals surface area contributed by atoms with Gasteiger partial charge in [-0.05, 0) is 23.3 Å². The van der Waals surface area contributed by atoms with Crippen LogP contribution in [0, 0.1) is 5.41 Å². The van der Waals surface area contributed by atoms with Gasteiger partial charge in [0.15, 0.2) is 0 Å². The Hall–Kier alpha value is -3.88. The van der Waals surface area contributed by atoms with Crippen LogP contribution in [0.25, 0.3) is 11.1 Å². The number of amidine groups is 1. The Balaban J connectivity index is 1.87. The third-order valence-electron chi connectivity index (χ3n) is 5.04. The van der Waals surface area contributed by atoms with E-state index >= 15 is 0 Å². The first kappa shape index (κ1) is 21.8. The van der Waals surface area contributed by atoms with Crippen molar-refractivity contribution >= 4 is 35.1 Å². The lowest BCUT2D eigenvalue weighted by Gasteiger charge is -2.22. The zero-order valence-corrected chi connectivity index (χ0v) is 17.5. The summed E-state index contributed by atoms with van der Waals surface area (Å²) in [5.74, 6) is -0.630. The van der Waals surface area contributed by atoms with E-state index in [1.165, 1.54) is 14.0 Å². The van der Waals surface area contributed by atoms with Gasteiger partial charge in [-0.3, -0.25) is 19.9 Å². The second-order valence-electron chi connectivity index (χ2n) is 7.15. The number of nitrogens with one attached hydrogen (secondary N) is 2. The van der Waals surface area contributed by atoms with E-state index in [0.29, 0.717) is 30.0 Å². The Morgan fingerprint density at radius 3 is 2.42 bits per heavy atom. The molecule has 2 aromatic carbocycles. The molecule has 0 spiro atoms. The molecule has 1 fully saturated rings. The third kappa shape index (κ3) is 5.00. The molecule has 31 heavy (non-hydrogen) atoms. The van der Waals surface area contributed by atoms with Gasteiger partial charge < -0.3 is 20.7 Å². The molecule has 0 radical (unpaired) electrons. The van der Waals surface area contributed by atoms with E-state index in [4.69, 9.17) is 11.1 Å². The van der Waals surface area contributed by atoms with Crippen molar-refractivity contribution in [2.24, 2.45) is 5.73 Å². The zero-order chi connectivity index (χ0) is 22.5. The van der Waals surface area contributed by atoms with Crippen LogP contribution in [0.4, 0.5) is 16.2 Å². The Morgan fingerprint density at radius 1 is 1.13 bits per heavy atom. The monoisotopic (exact) mass is 423 g/mol. The van der Waals surface area contributed by atoms with Crippen LogP contribution in [0.5, 0.6) is 0 Å². The van der Waals surface area contributed by atoms with Crippen LogP contribution >= 0.6 is 0 Å². The van der Waals surface area contributed by atoms with Gasteiger partial charge in [0.25, 0.3) is 0 Å². The molecule has 3 rings (SSSR count). The molecule has 1 heterocycles. The zero-order valence-electron chi connectivity index (χ0n) is 17.5. The number of methoxy groups -OCH3 is 1. The van der Waals surface area contributed by atoms with E-state index in [2.05, 4.69) is 10.1 Å². The van der Waals surface area contributed by atoms with Gasteiger partial charge in [-0.25, -0.2) is 4.79 Å². The number of carbonyl (C=O) groups excluding carboxylic acids is 3. The number of amides is 3. The Kier molecular flexibility index (Phi) is 6.54. The van der Waals surface area contributed by atoms with Gasteiger partial charge in [0.05, 0.1) is 24.9 Å². The molecular weight excluding hydrogens is 398 g/mol. The molecule has 1 aliphatic rings. The molecule has 0 bridgehead atoms. The topological polar surface area (TPSA) is 129 Å². The minimum absolute atomic E-state index is 0.00914. The summed E-state index contributed by atoms with van der Waals surface area (Å²) in [7, 11) is 1.31. The van der Waals surface area contributed by atoms with Gasteiger partial charge in [-0.2, -0.15) is 0 Å². The quantitative estimate of drug-likeness (QED) is 0.358. The summed E-state index contributed by atoms with van der Waals surface area (Å²) in [5.41, 5.74) is 8.97. The number of nitrogen functional groups attached to an aromatic ring is 1. The lowest BCUT2D eigenvalue weighted by Crippen LogP contribution is -2.33. The number of ether oxygens (including phenoxy) is 1. The number of urea groups is 1. The van der Waals surface area contributed by atoms with Crippen LogP contribution in [0.2, 0.25) is 0 Å². The first-order valence-corrected chi connectivity index (χ1v) is 9.80. The number of anilines is 2. The first-order valence-electron chi connectivity index (χ1n) is 9.80. The van der Waals surface area contributed by atoms with Crippen molar-refractivity contribution < 1.29 is 19.1 Å². The van der Waals surface area contributed by atoms with Crippen LogP contribution < -0.4 is 16.0 Å². The van der Waals surface area contributed by atoms with Crippen molar-refractivity contribution in [3.8, 4) is 11.1 Å². The largest absolute Gasteiger partial charge is 0.469 e. The maximum Gasteiger partial charge on any atom is 0.324 e. The van der Waals surface area contributed by atoms with E-state index in [-0.39, 0.29) is 36.7 Å². The van der Waals surface area contributed by atoms with Gasteiger partial charge in [0.1, 0.15) is 5.84 Å². The highest BCUT2D eigenvalue weighted by Gasteiger charge is 2.31. The van der Waals surface area contributed by atoms with Gasteiger partial charge in [-0.1, -0.05) is 30.3 Å².